The number of hydrogen-bond donors (Lipinski definition) is 1. The third-order valence-corrected chi connectivity index (χ3v) is 4.45. The Morgan fingerprint density at radius 3 is 2.70 bits per heavy atom. The van der Waals surface area contributed by atoms with Crippen molar-refractivity contribution < 1.29 is 23.0 Å². The van der Waals surface area contributed by atoms with E-state index in [1.165, 1.54) is 19.4 Å². The Kier molecular flexibility index (Phi) is 5.55. The Hall–Kier alpha value is -2.74. The van der Waals surface area contributed by atoms with Crippen molar-refractivity contribution >= 4 is 44.2 Å². The van der Waals surface area contributed by atoms with Crippen LogP contribution in [0.2, 0.25) is 0 Å². The van der Waals surface area contributed by atoms with Gasteiger partial charge in [-0.3, -0.25) is 4.98 Å². The molecule has 0 spiro atoms. The van der Waals surface area contributed by atoms with Crippen LogP contribution in [-0.2, 0) is 4.74 Å². The first-order chi connectivity index (χ1) is 12.9. The van der Waals surface area contributed by atoms with Crippen molar-refractivity contribution in [3.8, 4) is 5.75 Å². The Morgan fingerprint density at radius 1 is 1.26 bits per heavy atom. The number of carbonyl (C=O) groups is 1. The summed E-state index contributed by atoms with van der Waals surface area (Å²) in [7, 11) is 1.50. The van der Waals surface area contributed by atoms with Gasteiger partial charge in [0.15, 0.2) is 0 Å². The van der Waals surface area contributed by atoms with Gasteiger partial charge in [-0.15, -0.1) is 0 Å². The normalized spacial score (nSPS) is 10.7. The van der Waals surface area contributed by atoms with Crippen LogP contribution in [0.15, 0.2) is 41.0 Å². The molecule has 0 aliphatic carbocycles. The molecule has 8 heteroatoms. The Morgan fingerprint density at radius 2 is 2.04 bits per heavy atom. The third kappa shape index (κ3) is 3.85. The van der Waals surface area contributed by atoms with E-state index in [1.54, 1.807) is 19.1 Å². The number of benzene rings is 2. The summed E-state index contributed by atoms with van der Waals surface area (Å²) in [4.78, 5) is 16.6. The average molecular weight is 437 g/mol. The van der Waals surface area contributed by atoms with Crippen LogP contribution in [-0.4, -0.2) is 24.7 Å². The molecule has 1 heterocycles. The highest BCUT2D eigenvalue weighted by Crippen LogP contribution is 2.36. The first-order valence-electron chi connectivity index (χ1n) is 8.00. The summed E-state index contributed by atoms with van der Waals surface area (Å²) >= 11 is 3.38. The van der Waals surface area contributed by atoms with Crippen LogP contribution in [0.4, 0.5) is 20.2 Å². The molecule has 140 valence electrons. The summed E-state index contributed by atoms with van der Waals surface area (Å²) in [6, 6.07) is 6.51. The van der Waals surface area contributed by atoms with Crippen molar-refractivity contribution in [2.45, 2.75) is 6.92 Å². The number of ether oxygens (including phenoxy) is 2. The molecule has 2 aromatic carbocycles. The molecule has 1 N–H and O–H groups in total. The minimum atomic E-state index is -0.793. The first-order valence-corrected chi connectivity index (χ1v) is 8.79. The second kappa shape index (κ2) is 7.87. The van der Waals surface area contributed by atoms with Gasteiger partial charge in [0, 0.05) is 17.6 Å². The fourth-order valence-corrected chi connectivity index (χ4v) is 3.07. The van der Waals surface area contributed by atoms with E-state index in [1.807, 2.05) is 0 Å². The van der Waals surface area contributed by atoms with E-state index in [0.717, 1.165) is 12.1 Å². The molecule has 3 rings (SSSR count). The maximum atomic E-state index is 14.2. The fourth-order valence-electron chi connectivity index (χ4n) is 2.57. The van der Waals surface area contributed by atoms with Crippen LogP contribution in [0.3, 0.4) is 0 Å². The molecule has 1 aromatic heterocycles. The van der Waals surface area contributed by atoms with Crippen LogP contribution in [0.5, 0.6) is 5.75 Å². The molecule has 0 fully saturated rings. The molecule has 0 amide bonds. The summed E-state index contributed by atoms with van der Waals surface area (Å²) in [6.45, 7) is 1.85. The van der Waals surface area contributed by atoms with Gasteiger partial charge in [0.2, 0.25) is 0 Å². The molecule has 0 atom stereocenters. The van der Waals surface area contributed by atoms with Crippen LogP contribution >= 0.6 is 15.9 Å². The largest absolute Gasteiger partial charge is 0.496 e. The van der Waals surface area contributed by atoms with Gasteiger partial charge in [-0.05, 0) is 47.1 Å². The number of nitrogens with one attached hydrogen (secondary N) is 1. The maximum Gasteiger partial charge on any atom is 0.341 e. The molecular weight excluding hydrogens is 422 g/mol. The van der Waals surface area contributed by atoms with E-state index in [9.17, 15) is 13.6 Å². The van der Waals surface area contributed by atoms with Crippen LogP contribution in [0.1, 0.15) is 17.3 Å². The number of pyridine rings is 1. The Labute approximate surface area is 162 Å². The van der Waals surface area contributed by atoms with Crippen LogP contribution < -0.4 is 10.1 Å². The zero-order chi connectivity index (χ0) is 19.6. The molecule has 0 bridgehead atoms. The predicted octanol–water partition coefficient (Wildman–Crippen LogP) is 5.20. The van der Waals surface area contributed by atoms with E-state index in [4.69, 9.17) is 9.47 Å². The molecule has 5 nitrogen and oxygen atoms in total. The number of carbonyl (C=O) groups excluding carboxylic acids is 1. The molecule has 3 aromatic rings. The van der Waals surface area contributed by atoms with Crippen molar-refractivity contribution in [2.75, 3.05) is 19.0 Å². The van der Waals surface area contributed by atoms with Gasteiger partial charge in [0.1, 0.15) is 22.9 Å². The lowest BCUT2D eigenvalue weighted by Gasteiger charge is -2.16. The monoisotopic (exact) mass is 436 g/mol. The minimum absolute atomic E-state index is 0.0105. The standard InChI is InChI=1S/C19H15BrF2N2O3/c1-3-27-19(25)12-9-23-16-8-13(20)17(26-2)7-11(16)18(12)24-15-5-4-10(21)6-14(15)22/h4-9H,3H2,1-2H3,(H,23,24). The minimum Gasteiger partial charge on any atom is -0.496 e. The number of nitrogens with zero attached hydrogens (tertiary/aromatic N) is 1. The second-order valence-corrected chi connectivity index (χ2v) is 6.37. The molecule has 0 aliphatic heterocycles. The zero-order valence-electron chi connectivity index (χ0n) is 14.5. The van der Waals surface area contributed by atoms with Gasteiger partial charge < -0.3 is 14.8 Å². The maximum absolute atomic E-state index is 14.2. The summed E-state index contributed by atoms with van der Waals surface area (Å²) in [5.41, 5.74) is 0.962. The predicted molar refractivity (Wildman–Crippen MR) is 102 cm³/mol. The topological polar surface area (TPSA) is 60.5 Å². The van der Waals surface area contributed by atoms with Gasteiger partial charge in [-0.1, -0.05) is 0 Å². The van der Waals surface area contributed by atoms with Crippen LogP contribution in [0.25, 0.3) is 10.9 Å². The molecule has 27 heavy (non-hydrogen) atoms. The van der Waals surface area contributed by atoms with E-state index in [-0.39, 0.29) is 23.5 Å². The first kappa shape index (κ1) is 19.0. The summed E-state index contributed by atoms with van der Waals surface area (Å²) in [6.07, 6.45) is 1.35. The summed E-state index contributed by atoms with van der Waals surface area (Å²) < 4.78 is 38.4. The molecule has 0 saturated heterocycles. The Bertz CT molecular complexity index is 1030. The zero-order valence-corrected chi connectivity index (χ0v) is 16.1. The smallest absolute Gasteiger partial charge is 0.341 e. The number of rotatable bonds is 5. The highest BCUT2D eigenvalue weighted by Gasteiger charge is 2.19. The number of methoxy groups -OCH3 is 1. The summed E-state index contributed by atoms with van der Waals surface area (Å²) in [5, 5.41) is 3.39. The lowest BCUT2D eigenvalue weighted by atomic mass is 10.1. The van der Waals surface area contributed by atoms with E-state index in [2.05, 4.69) is 26.2 Å². The fraction of sp³-hybridized carbons (Fsp3) is 0.158. The van der Waals surface area contributed by atoms with Crippen molar-refractivity contribution in [3.63, 3.8) is 0 Å². The van der Waals surface area contributed by atoms with Crippen molar-refractivity contribution in [1.82, 2.24) is 4.98 Å². The lowest BCUT2D eigenvalue weighted by Crippen LogP contribution is -2.10. The number of anilines is 2. The van der Waals surface area contributed by atoms with Crippen LogP contribution in [0, 0.1) is 11.6 Å². The second-order valence-electron chi connectivity index (χ2n) is 5.52. The van der Waals surface area contributed by atoms with Gasteiger partial charge in [0.25, 0.3) is 0 Å². The van der Waals surface area contributed by atoms with Crippen molar-refractivity contribution in [2.24, 2.45) is 0 Å². The van der Waals surface area contributed by atoms with E-state index in [0.29, 0.717) is 21.1 Å². The number of esters is 1. The van der Waals surface area contributed by atoms with E-state index < -0.39 is 17.6 Å². The SMILES string of the molecule is CCOC(=O)c1cnc2cc(Br)c(OC)cc2c1Nc1ccc(F)cc1F. The van der Waals surface area contributed by atoms with Crippen molar-refractivity contribution in [3.05, 3.63) is 58.2 Å². The highest BCUT2D eigenvalue weighted by molar-refractivity contribution is 9.10. The van der Waals surface area contributed by atoms with Crippen molar-refractivity contribution in [1.29, 1.82) is 0 Å². The highest BCUT2D eigenvalue weighted by atomic mass is 79.9. The van der Waals surface area contributed by atoms with E-state index >= 15 is 0 Å². The van der Waals surface area contributed by atoms with Gasteiger partial charge >= 0.3 is 5.97 Å². The number of fused-ring (bicyclic) bond motifs is 1. The average Bonchev–Trinajstić information content (AvgIpc) is 2.63. The number of aromatic nitrogens is 1. The van der Waals surface area contributed by atoms with Gasteiger partial charge in [-0.25, -0.2) is 13.6 Å². The molecule has 0 radical (unpaired) electrons. The number of hydrogen-bond acceptors (Lipinski definition) is 5. The number of halogens is 3. The lowest BCUT2D eigenvalue weighted by molar-refractivity contribution is 0.0527. The van der Waals surface area contributed by atoms with Gasteiger partial charge in [-0.2, -0.15) is 0 Å². The summed E-state index contributed by atoms with van der Waals surface area (Å²) in [5.74, 6) is -1.60. The van der Waals surface area contributed by atoms with Gasteiger partial charge in [0.05, 0.1) is 35.1 Å². The molecular formula is C19H15BrF2N2O3. The Balaban J connectivity index is 2.23. The molecule has 0 unspecified atom stereocenters. The quantitative estimate of drug-likeness (QED) is 0.556. The molecule has 0 aliphatic rings. The third-order valence-electron chi connectivity index (χ3n) is 3.83. The molecule has 0 saturated carbocycles.